The van der Waals surface area contributed by atoms with Gasteiger partial charge in [-0.25, -0.2) is 4.98 Å². The first kappa shape index (κ1) is 16.2. The van der Waals surface area contributed by atoms with E-state index in [1.165, 1.54) is 0 Å². The molecule has 0 amide bonds. The predicted molar refractivity (Wildman–Crippen MR) is 95.6 cm³/mol. The van der Waals surface area contributed by atoms with Gasteiger partial charge in [0.1, 0.15) is 10.7 Å². The molecule has 0 saturated heterocycles. The monoisotopic (exact) mass is 345 g/mol. The number of ketones is 1. The highest BCUT2D eigenvalue weighted by Crippen LogP contribution is 2.29. The number of aromatic nitrogens is 1. The maximum Gasteiger partial charge on any atom is 0.206 e. The van der Waals surface area contributed by atoms with Crippen LogP contribution in [0.2, 0.25) is 0 Å². The first-order chi connectivity index (χ1) is 12.1. The zero-order valence-corrected chi connectivity index (χ0v) is 13.7. The lowest BCUT2D eigenvalue weighted by atomic mass is 10.1. The molecule has 0 radical (unpaired) electrons. The minimum atomic E-state index is -0.243. The molecule has 0 spiro atoms. The van der Waals surface area contributed by atoms with E-state index in [9.17, 15) is 4.79 Å². The molecule has 1 heterocycles. The Kier molecular flexibility index (Phi) is 4.42. The summed E-state index contributed by atoms with van der Waals surface area (Å²) in [6.45, 7) is 0. The lowest BCUT2D eigenvalue weighted by Gasteiger charge is -2.01. The lowest BCUT2D eigenvalue weighted by molar-refractivity contribution is 0.104. The summed E-state index contributed by atoms with van der Waals surface area (Å²) < 4.78 is 0. The molecule has 2 aromatic carbocycles. The van der Waals surface area contributed by atoms with Crippen molar-refractivity contribution in [3.8, 4) is 12.1 Å². The maximum atomic E-state index is 12.6. The minimum Gasteiger partial charge on any atom is -0.382 e. The van der Waals surface area contributed by atoms with Crippen molar-refractivity contribution in [1.82, 2.24) is 4.98 Å². The average Bonchev–Trinajstić information content (AvgIpc) is 3.02. The molecule has 0 unspecified atom stereocenters. The molecule has 0 saturated carbocycles. The molecular formula is C18H11N5OS. The van der Waals surface area contributed by atoms with Crippen molar-refractivity contribution >= 4 is 33.8 Å². The van der Waals surface area contributed by atoms with E-state index in [0.29, 0.717) is 26.7 Å². The number of hydrogen-bond acceptors (Lipinski definition) is 7. The van der Waals surface area contributed by atoms with Crippen LogP contribution in [0.15, 0.2) is 48.5 Å². The van der Waals surface area contributed by atoms with Gasteiger partial charge in [-0.15, -0.1) is 0 Å². The lowest BCUT2D eigenvalue weighted by Crippen LogP contribution is -2.02. The molecular weight excluding hydrogens is 334 g/mol. The third-order valence-corrected chi connectivity index (χ3v) is 4.39. The Morgan fingerprint density at radius 2 is 1.56 bits per heavy atom. The standard InChI is InChI=1S/C18H11N5OS/c19-9-11-1-5-13(6-2-11)15(24)16-17(21)23-18(25-16)22-14-7-3-12(10-20)4-8-14/h1-8H,21H2,(H,22,23). The van der Waals surface area contributed by atoms with Gasteiger partial charge in [0, 0.05) is 11.3 Å². The van der Waals surface area contributed by atoms with Crippen molar-refractivity contribution in [3.63, 3.8) is 0 Å². The van der Waals surface area contributed by atoms with Crippen LogP contribution in [-0.4, -0.2) is 10.8 Å². The molecule has 0 aliphatic rings. The van der Waals surface area contributed by atoms with Crippen LogP contribution < -0.4 is 11.1 Å². The third-order valence-electron chi connectivity index (χ3n) is 3.40. The van der Waals surface area contributed by atoms with E-state index >= 15 is 0 Å². The Balaban J connectivity index is 1.82. The number of nitrogens with zero attached hydrogens (tertiary/aromatic N) is 3. The Morgan fingerprint density at radius 3 is 2.12 bits per heavy atom. The zero-order chi connectivity index (χ0) is 17.8. The van der Waals surface area contributed by atoms with Gasteiger partial charge in [-0.3, -0.25) is 4.79 Å². The van der Waals surface area contributed by atoms with Crippen LogP contribution in [-0.2, 0) is 0 Å². The average molecular weight is 345 g/mol. The van der Waals surface area contributed by atoms with Crippen molar-refractivity contribution in [2.24, 2.45) is 0 Å². The zero-order valence-electron chi connectivity index (χ0n) is 12.9. The van der Waals surface area contributed by atoms with Gasteiger partial charge in [0.2, 0.25) is 5.78 Å². The fraction of sp³-hybridized carbons (Fsp3) is 0. The molecule has 6 nitrogen and oxygen atoms in total. The molecule has 7 heteroatoms. The van der Waals surface area contributed by atoms with Crippen LogP contribution in [0, 0.1) is 22.7 Å². The Labute approximate surface area is 147 Å². The number of rotatable bonds is 4. The summed E-state index contributed by atoms with van der Waals surface area (Å²) in [5.74, 6) is -0.0946. The van der Waals surface area contributed by atoms with Crippen LogP contribution in [0.25, 0.3) is 0 Å². The number of thiazole rings is 1. The number of nitriles is 2. The Bertz CT molecular complexity index is 1010. The summed E-state index contributed by atoms with van der Waals surface area (Å²) in [5, 5.41) is 21.2. The molecule has 0 fully saturated rings. The number of carbonyl (C=O) groups excluding carboxylic acids is 1. The molecule has 3 aromatic rings. The van der Waals surface area contributed by atoms with Gasteiger partial charge in [-0.1, -0.05) is 11.3 Å². The van der Waals surface area contributed by atoms with Gasteiger partial charge >= 0.3 is 0 Å². The molecule has 0 aliphatic carbocycles. The van der Waals surface area contributed by atoms with E-state index in [1.807, 2.05) is 12.1 Å². The second kappa shape index (κ2) is 6.83. The van der Waals surface area contributed by atoms with E-state index in [1.54, 1.807) is 48.5 Å². The predicted octanol–water partition coefficient (Wildman–Crippen LogP) is 3.44. The number of hydrogen-bond donors (Lipinski definition) is 2. The highest BCUT2D eigenvalue weighted by Gasteiger charge is 2.18. The van der Waals surface area contributed by atoms with E-state index in [-0.39, 0.29) is 11.6 Å². The fourth-order valence-corrected chi connectivity index (χ4v) is 2.99. The van der Waals surface area contributed by atoms with Gasteiger partial charge in [-0.05, 0) is 48.5 Å². The SMILES string of the molecule is N#Cc1ccc(Nc2nc(N)c(C(=O)c3ccc(C#N)cc3)s2)cc1. The van der Waals surface area contributed by atoms with Crippen LogP contribution in [0.3, 0.4) is 0 Å². The molecule has 25 heavy (non-hydrogen) atoms. The smallest absolute Gasteiger partial charge is 0.206 e. The number of benzene rings is 2. The quantitative estimate of drug-likeness (QED) is 0.700. The van der Waals surface area contributed by atoms with Crippen molar-refractivity contribution in [3.05, 3.63) is 70.1 Å². The number of anilines is 3. The Morgan fingerprint density at radius 1 is 1.00 bits per heavy atom. The van der Waals surface area contributed by atoms with Gasteiger partial charge in [0.25, 0.3) is 0 Å². The molecule has 0 bridgehead atoms. The Hall–Kier alpha value is -3.68. The number of nitrogens with one attached hydrogen (secondary N) is 1. The second-order valence-corrected chi connectivity index (χ2v) is 6.06. The minimum absolute atomic E-state index is 0.149. The number of nitrogen functional groups attached to an aromatic ring is 1. The van der Waals surface area contributed by atoms with Gasteiger partial charge in [0.15, 0.2) is 5.13 Å². The van der Waals surface area contributed by atoms with Crippen LogP contribution in [0.5, 0.6) is 0 Å². The largest absolute Gasteiger partial charge is 0.382 e. The third kappa shape index (κ3) is 3.47. The molecule has 0 atom stereocenters. The van der Waals surface area contributed by atoms with E-state index in [4.69, 9.17) is 16.3 Å². The normalized spacial score (nSPS) is 9.84. The summed E-state index contributed by atoms with van der Waals surface area (Å²) in [6, 6.07) is 17.3. The molecule has 120 valence electrons. The van der Waals surface area contributed by atoms with Crippen LogP contribution >= 0.6 is 11.3 Å². The second-order valence-electron chi connectivity index (χ2n) is 5.07. The van der Waals surface area contributed by atoms with Crippen molar-refractivity contribution in [1.29, 1.82) is 10.5 Å². The van der Waals surface area contributed by atoms with Crippen molar-refractivity contribution in [2.45, 2.75) is 0 Å². The van der Waals surface area contributed by atoms with E-state index < -0.39 is 0 Å². The fourth-order valence-electron chi connectivity index (χ4n) is 2.13. The summed E-state index contributed by atoms with van der Waals surface area (Å²) >= 11 is 1.15. The first-order valence-corrected chi connectivity index (χ1v) is 8.00. The van der Waals surface area contributed by atoms with Gasteiger partial charge in [-0.2, -0.15) is 10.5 Å². The van der Waals surface area contributed by atoms with Crippen LogP contribution in [0.1, 0.15) is 26.4 Å². The van der Waals surface area contributed by atoms with E-state index in [0.717, 1.165) is 17.0 Å². The molecule has 1 aromatic heterocycles. The molecule has 3 rings (SSSR count). The highest BCUT2D eigenvalue weighted by atomic mass is 32.1. The highest BCUT2D eigenvalue weighted by molar-refractivity contribution is 7.18. The summed E-state index contributed by atoms with van der Waals surface area (Å²) in [7, 11) is 0. The number of carbonyl (C=O) groups is 1. The number of nitrogens with two attached hydrogens (primary N) is 1. The maximum absolute atomic E-state index is 12.6. The summed E-state index contributed by atoms with van der Waals surface area (Å²) in [5.41, 5.74) is 8.10. The summed E-state index contributed by atoms with van der Waals surface area (Å²) in [4.78, 5) is 17.1. The topological polar surface area (TPSA) is 116 Å². The van der Waals surface area contributed by atoms with Crippen LogP contribution in [0.4, 0.5) is 16.6 Å². The molecule has 3 N–H and O–H groups in total. The molecule has 0 aliphatic heterocycles. The first-order valence-electron chi connectivity index (χ1n) is 7.19. The van der Waals surface area contributed by atoms with E-state index in [2.05, 4.69) is 10.3 Å². The van der Waals surface area contributed by atoms with Gasteiger partial charge < -0.3 is 11.1 Å². The van der Waals surface area contributed by atoms with Gasteiger partial charge in [0.05, 0.1) is 23.3 Å². The van der Waals surface area contributed by atoms with Crippen molar-refractivity contribution < 1.29 is 4.79 Å². The summed E-state index contributed by atoms with van der Waals surface area (Å²) in [6.07, 6.45) is 0. The van der Waals surface area contributed by atoms with Crippen molar-refractivity contribution in [2.75, 3.05) is 11.1 Å².